The van der Waals surface area contributed by atoms with Crippen molar-refractivity contribution in [1.82, 2.24) is 0 Å². The molecule has 3 nitrogen and oxygen atoms in total. The molecule has 4 heteroatoms. The summed E-state index contributed by atoms with van der Waals surface area (Å²) in [4.78, 5) is 16.0. The molecule has 0 heterocycles. The quantitative estimate of drug-likeness (QED) is 0.538. The molecule has 0 aromatic heterocycles. The third kappa shape index (κ3) is 5.85. The van der Waals surface area contributed by atoms with Crippen LogP contribution in [0.1, 0.15) is 35.3 Å². The van der Waals surface area contributed by atoms with Gasteiger partial charge in [-0.05, 0) is 37.1 Å². The predicted molar refractivity (Wildman–Crippen MR) is 102 cm³/mol. The zero-order chi connectivity index (χ0) is 17.4. The second-order valence-electron chi connectivity index (χ2n) is 6.04. The maximum absolute atomic E-state index is 11.4. The highest BCUT2D eigenvalue weighted by atomic mass is 32.2. The van der Waals surface area contributed by atoms with E-state index in [4.69, 9.17) is 4.74 Å². The van der Waals surface area contributed by atoms with E-state index in [1.165, 1.54) is 12.7 Å². The van der Waals surface area contributed by atoms with Crippen molar-refractivity contribution in [3.05, 3.63) is 71.3 Å². The van der Waals surface area contributed by atoms with E-state index in [0.29, 0.717) is 12.1 Å². The summed E-state index contributed by atoms with van der Waals surface area (Å²) in [5, 5.41) is 0. The largest absolute Gasteiger partial charge is 0.465 e. The first-order valence-corrected chi connectivity index (χ1v) is 8.85. The molecule has 0 spiro atoms. The molecule has 0 bridgehead atoms. The van der Waals surface area contributed by atoms with E-state index >= 15 is 0 Å². The Morgan fingerprint density at radius 2 is 1.75 bits per heavy atom. The van der Waals surface area contributed by atoms with Crippen LogP contribution < -0.4 is 0 Å². The Balaban J connectivity index is 1.86. The average molecular weight is 341 g/mol. The molecule has 0 amide bonds. The second kappa shape index (κ2) is 8.69. The molecular weight excluding hydrogens is 318 g/mol. The molecule has 126 valence electrons. The first kappa shape index (κ1) is 18.3. The van der Waals surface area contributed by atoms with Gasteiger partial charge in [0.15, 0.2) is 0 Å². The summed E-state index contributed by atoms with van der Waals surface area (Å²) in [6.45, 7) is 4.95. The number of rotatable bonds is 7. The Morgan fingerprint density at radius 3 is 2.38 bits per heavy atom. The molecule has 0 atom stereocenters. The van der Waals surface area contributed by atoms with Gasteiger partial charge in [0.05, 0.1) is 19.2 Å². The van der Waals surface area contributed by atoms with Crippen LogP contribution in [0.4, 0.5) is 0 Å². The lowest BCUT2D eigenvalue weighted by atomic mass is 10.1. The van der Waals surface area contributed by atoms with Crippen molar-refractivity contribution >= 4 is 23.9 Å². The first-order chi connectivity index (χ1) is 11.5. The van der Waals surface area contributed by atoms with Crippen LogP contribution in [0.3, 0.4) is 0 Å². The van der Waals surface area contributed by atoms with Crippen molar-refractivity contribution in [1.29, 1.82) is 0 Å². The van der Waals surface area contributed by atoms with E-state index in [9.17, 15) is 4.79 Å². The van der Waals surface area contributed by atoms with Crippen LogP contribution in [0.2, 0.25) is 0 Å². The summed E-state index contributed by atoms with van der Waals surface area (Å²) in [5.74, 6) is 0.650. The van der Waals surface area contributed by atoms with Crippen molar-refractivity contribution in [2.45, 2.75) is 30.9 Å². The summed E-state index contributed by atoms with van der Waals surface area (Å²) in [5.41, 5.74) is 2.95. The van der Waals surface area contributed by atoms with Gasteiger partial charge in [-0.2, -0.15) is 0 Å². The van der Waals surface area contributed by atoms with E-state index in [-0.39, 0.29) is 10.7 Å². The number of ether oxygens (including phenoxy) is 1. The third-order valence-electron chi connectivity index (χ3n) is 3.50. The minimum Gasteiger partial charge on any atom is -0.465 e. The van der Waals surface area contributed by atoms with Crippen LogP contribution in [0, 0.1) is 0 Å². The molecule has 0 saturated heterocycles. The zero-order valence-corrected chi connectivity index (χ0v) is 15.2. The highest BCUT2D eigenvalue weighted by Crippen LogP contribution is 2.26. The van der Waals surface area contributed by atoms with Gasteiger partial charge in [0.1, 0.15) is 0 Å². The van der Waals surface area contributed by atoms with Crippen LogP contribution in [-0.2, 0) is 17.0 Å². The van der Waals surface area contributed by atoms with E-state index in [2.05, 4.69) is 43.1 Å². The minimum absolute atomic E-state index is 0.0260. The Morgan fingerprint density at radius 1 is 1.08 bits per heavy atom. The Kier molecular flexibility index (Phi) is 6.62. The van der Waals surface area contributed by atoms with Crippen molar-refractivity contribution in [3.8, 4) is 0 Å². The summed E-state index contributed by atoms with van der Waals surface area (Å²) in [6.07, 6.45) is 2.01. The Labute approximate surface area is 148 Å². The topological polar surface area (TPSA) is 38.7 Å². The maximum Gasteiger partial charge on any atom is 0.337 e. The number of carbonyl (C=O) groups is 1. The molecule has 0 N–H and O–H groups in total. The fourth-order valence-corrected chi connectivity index (χ4v) is 3.00. The number of aliphatic imine (C=N–C) groups is 1. The second-order valence-corrected chi connectivity index (χ2v) is 7.67. The number of benzene rings is 2. The average Bonchev–Trinajstić information content (AvgIpc) is 2.61. The maximum atomic E-state index is 11.4. The lowest BCUT2D eigenvalue weighted by molar-refractivity contribution is 0.0600. The van der Waals surface area contributed by atoms with Crippen LogP contribution >= 0.6 is 11.8 Å². The summed E-state index contributed by atoms with van der Waals surface area (Å²) < 4.78 is 4.67. The lowest BCUT2D eigenvalue weighted by Gasteiger charge is -2.18. The van der Waals surface area contributed by atoms with Gasteiger partial charge in [0, 0.05) is 16.7 Å². The lowest BCUT2D eigenvalue weighted by Crippen LogP contribution is -2.16. The molecule has 2 aromatic carbocycles. The number of methoxy groups -OCH3 is 1. The third-order valence-corrected chi connectivity index (χ3v) is 4.83. The fraction of sp³-hybridized carbons (Fsp3) is 0.300. The van der Waals surface area contributed by atoms with Crippen LogP contribution in [-0.4, -0.2) is 24.0 Å². The van der Waals surface area contributed by atoms with Crippen molar-refractivity contribution in [2.75, 3.05) is 7.11 Å². The number of thioether (sulfide) groups is 1. The molecular formula is C20H23NO2S. The fourth-order valence-electron chi connectivity index (χ4n) is 2.12. The summed E-state index contributed by atoms with van der Waals surface area (Å²) >= 11 is 1.87. The molecule has 0 unspecified atom stereocenters. The van der Waals surface area contributed by atoms with Crippen LogP contribution in [0.25, 0.3) is 0 Å². The van der Waals surface area contributed by atoms with Crippen molar-refractivity contribution in [3.63, 3.8) is 0 Å². The molecule has 0 aliphatic heterocycles. The molecule has 0 aliphatic rings. The smallest absolute Gasteiger partial charge is 0.337 e. The first-order valence-electron chi connectivity index (χ1n) is 7.86. The number of carbonyl (C=O) groups excluding carboxylic acids is 1. The van der Waals surface area contributed by atoms with Gasteiger partial charge in [-0.15, -0.1) is 11.8 Å². The van der Waals surface area contributed by atoms with E-state index in [1.54, 1.807) is 12.1 Å². The number of esters is 1. The van der Waals surface area contributed by atoms with E-state index in [1.807, 2.05) is 36.2 Å². The van der Waals surface area contributed by atoms with Gasteiger partial charge >= 0.3 is 5.97 Å². The van der Waals surface area contributed by atoms with Crippen LogP contribution in [0.15, 0.2) is 59.6 Å². The molecule has 0 aliphatic carbocycles. The van der Waals surface area contributed by atoms with Gasteiger partial charge in [-0.25, -0.2) is 4.79 Å². The summed E-state index contributed by atoms with van der Waals surface area (Å²) in [7, 11) is 1.38. The predicted octanol–water partition coefficient (Wildman–Crippen LogP) is 4.76. The molecule has 2 aromatic rings. The minimum atomic E-state index is -0.316. The number of hydrogen-bond acceptors (Lipinski definition) is 4. The Bertz CT molecular complexity index is 679. The normalized spacial score (nSPS) is 11.6. The van der Waals surface area contributed by atoms with Gasteiger partial charge < -0.3 is 4.74 Å². The molecule has 0 fully saturated rings. The van der Waals surface area contributed by atoms with E-state index in [0.717, 1.165) is 11.3 Å². The van der Waals surface area contributed by atoms with Crippen molar-refractivity contribution in [2.24, 2.45) is 4.99 Å². The van der Waals surface area contributed by atoms with Gasteiger partial charge in [-0.3, -0.25) is 4.99 Å². The molecule has 24 heavy (non-hydrogen) atoms. The van der Waals surface area contributed by atoms with Gasteiger partial charge in [0.25, 0.3) is 0 Å². The Hall–Kier alpha value is -2.07. The van der Waals surface area contributed by atoms with Gasteiger partial charge in [-0.1, -0.05) is 42.5 Å². The summed E-state index contributed by atoms with van der Waals surface area (Å²) in [6, 6.07) is 17.8. The van der Waals surface area contributed by atoms with Gasteiger partial charge in [0.2, 0.25) is 0 Å². The molecule has 2 rings (SSSR count). The van der Waals surface area contributed by atoms with Crippen molar-refractivity contribution < 1.29 is 9.53 Å². The number of hydrogen-bond donors (Lipinski definition) is 0. The van der Waals surface area contributed by atoms with E-state index < -0.39 is 0 Å². The zero-order valence-electron chi connectivity index (χ0n) is 14.4. The highest BCUT2D eigenvalue weighted by Gasteiger charge is 2.15. The van der Waals surface area contributed by atoms with Crippen LogP contribution in [0.5, 0.6) is 0 Å². The number of nitrogens with zero attached hydrogens (tertiary/aromatic N) is 1. The highest BCUT2D eigenvalue weighted by molar-refractivity contribution is 8.00. The SMILES string of the molecule is COC(=O)c1ccc(C/N=C\C(C)(C)SCc2ccccc2)cc1. The monoisotopic (exact) mass is 341 g/mol. The molecule has 0 saturated carbocycles. The molecule has 0 radical (unpaired) electrons. The standard InChI is InChI=1S/C20H23NO2S/c1-20(2,24-14-17-7-5-4-6-8-17)15-21-13-16-9-11-18(12-10-16)19(22)23-3/h4-12,15H,13-14H2,1-3H3/b21-15-.